The molecule has 0 aliphatic heterocycles. The normalized spacial score (nSPS) is 11.1. The van der Waals surface area contributed by atoms with Crippen LogP contribution in [0.4, 0.5) is 0 Å². The molecule has 108 valence electrons. The lowest BCUT2D eigenvalue weighted by atomic mass is 10.2. The van der Waals surface area contributed by atoms with Crippen molar-refractivity contribution >= 4 is 27.5 Å². The van der Waals surface area contributed by atoms with Crippen molar-refractivity contribution in [2.24, 2.45) is 5.73 Å². The van der Waals surface area contributed by atoms with Gasteiger partial charge in [-0.15, -0.1) is 16.4 Å². The Morgan fingerprint density at radius 3 is 2.90 bits per heavy atom. The second kappa shape index (κ2) is 5.58. The van der Waals surface area contributed by atoms with Gasteiger partial charge in [-0.25, -0.2) is 14.5 Å². The molecule has 0 bridgehead atoms. The van der Waals surface area contributed by atoms with Crippen LogP contribution in [-0.2, 0) is 13.0 Å². The van der Waals surface area contributed by atoms with Crippen molar-refractivity contribution in [1.82, 2.24) is 20.0 Å². The fourth-order valence-electron chi connectivity index (χ4n) is 2.13. The average Bonchev–Trinajstić information content (AvgIpc) is 3.03. The van der Waals surface area contributed by atoms with Crippen LogP contribution in [0.3, 0.4) is 0 Å². The van der Waals surface area contributed by atoms with E-state index in [4.69, 9.17) is 10.8 Å². The molecule has 3 N–H and O–H groups in total. The van der Waals surface area contributed by atoms with Gasteiger partial charge < -0.3 is 10.8 Å². The van der Waals surface area contributed by atoms with E-state index < -0.39 is 5.97 Å². The van der Waals surface area contributed by atoms with E-state index in [9.17, 15) is 4.79 Å². The molecule has 1 aromatic carbocycles. The van der Waals surface area contributed by atoms with Gasteiger partial charge in [-0.1, -0.05) is 17.3 Å². The van der Waals surface area contributed by atoms with Crippen LogP contribution in [0, 0.1) is 0 Å². The first kappa shape index (κ1) is 13.7. The van der Waals surface area contributed by atoms with Gasteiger partial charge in [0.25, 0.3) is 0 Å². The van der Waals surface area contributed by atoms with Crippen LogP contribution < -0.4 is 5.73 Å². The highest BCUT2D eigenvalue weighted by molar-refractivity contribution is 7.18. The Labute approximate surface area is 124 Å². The fourth-order valence-corrected chi connectivity index (χ4v) is 3.08. The van der Waals surface area contributed by atoms with E-state index in [1.807, 2.05) is 24.3 Å². The molecule has 0 radical (unpaired) electrons. The van der Waals surface area contributed by atoms with E-state index in [0.717, 1.165) is 15.2 Å². The number of carboxylic acids is 1. The first-order valence-electron chi connectivity index (χ1n) is 6.39. The van der Waals surface area contributed by atoms with Crippen LogP contribution in [0.2, 0.25) is 0 Å². The van der Waals surface area contributed by atoms with E-state index in [2.05, 4.69) is 15.3 Å². The molecule has 0 unspecified atom stereocenters. The van der Waals surface area contributed by atoms with Gasteiger partial charge in [-0.05, 0) is 18.7 Å². The van der Waals surface area contributed by atoms with Crippen LogP contribution in [0.1, 0.15) is 21.2 Å². The van der Waals surface area contributed by atoms with Gasteiger partial charge in [0, 0.05) is 6.42 Å². The molecule has 0 saturated carbocycles. The summed E-state index contributed by atoms with van der Waals surface area (Å²) in [6, 6.07) is 7.84. The van der Waals surface area contributed by atoms with Crippen molar-refractivity contribution in [3.05, 3.63) is 40.7 Å². The molecule has 3 aromatic rings. The topological polar surface area (TPSA) is 107 Å². The highest BCUT2D eigenvalue weighted by Crippen LogP contribution is 2.22. The van der Waals surface area contributed by atoms with Gasteiger partial charge in [0.05, 0.1) is 22.5 Å². The highest BCUT2D eigenvalue weighted by Gasteiger charge is 2.19. The SMILES string of the molecule is NCCc1c(C(=O)O)nnn1Cc1nc2ccccc2s1. The van der Waals surface area contributed by atoms with Gasteiger partial charge in [-0.2, -0.15) is 0 Å². The second-order valence-corrected chi connectivity index (χ2v) is 5.58. The van der Waals surface area contributed by atoms with E-state index in [-0.39, 0.29) is 5.69 Å². The number of rotatable bonds is 5. The Kier molecular flexibility index (Phi) is 3.63. The van der Waals surface area contributed by atoms with Crippen LogP contribution in [0.15, 0.2) is 24.3 Å². The summed E-state index contributed by atoms with van der Waals surface area (Å²) >= 11 is 1.56. The molecule has 21 heavy (non-hydrogen) atoms. The van der Waals surface area contributed by atoms with Crippen LogP contribution in [0.25, 0.3) is 10.2 Å². The summed E-state index contributed by atoms with van der Waals surface area (Å²) in [6.45, 7) is 0.739. The van der Waals surface area contributed by atoms with Gasteiger partial charge in [0.2, 0.25) is 0 Å². The average molecular weight is 303 g/mol. The number of carbonyl (C=O) groups is 1. The van der Waals surface area contributed by atoms with Crippen LogP contribution in [-0.4, -0.2) is 37.6 Å². The summed E-state index contributed by atoms with van der Waals surface area (Å²) in [7, 11) is 0. The molecule has 0 aliphatic carbocycles. The Bertz CT molecular complexity index is 762. The minimum Gasteiger partial charge on any atom is -0.476 e. The molecule has 0 spiro atoms. The molecular weight excluding hydrogens is 290 g/mol. The molecular formula is C13H13N5O2S. The molecule has 0 fully saturated rings. The molecule has 0 amide bonds. The minimum absolute atomic E-state index is 0.0402. The zero-order valence-electron chi connectivity index (χ0n) is 11.1. The molecule has 7 nitrogen and oxygen atoms in total. The number of aromatic nitrogens is 4. The summed E-state index contributed by atoms with van der Waals surface area (Å²) in [5, 5.41) is 17.6. The smallest absolute Gasteiger partial charge is 0.358 e. The van der Waals surface area contributed by atoms with Crippen molar-refractivity contribution in [2.75, 3.05) is 6.54 Å². The van der Waals surface area contributed by atoms with Crippen LogP contribution >= 0.6 is 11.3 Å². The maximum absolute atomic E-state index is 11.1. The molecule has 8 heteroatoms. The number of hydrogen-bond acceptors (Lipinski definition) is 6. The molecule has 2 aromatic heterocycles. The molecule has 2 heterocycles. The molecule has 0 aliphatic rings. The Morgan fingerprint density at radius 2 is 2.19 bits per heavy atom. The van der Waals surface area contributed by atoms with E-state index in [1.54, 1.807) is 16.0 Å². The van der Waals surface area contributed by atoms with Crippen molar-refractivity contribution in [2.45, 2.75) is 13.0 Å². The van der Waals surface area contributed by atoms with Crippen molar-refractivity contribution in [3.63, 3.8) is 0 Å². The molecule has 3 rings (SSSR count). The lowest BCUT2D eigenvalue weighted by Crippen LogP contribution is -2.14. The van der Waals surface area contributed by atoms with E-state index >= 15 is 0 Å². The lowest BCUT2D eigenvalue weighted by Gasteiger charge is -2.03. The van der Waals surface area contributed by atoms with Crippen molar-refractivity contribution < 1.29 is 9.90 Å². The zero-order chi connectivity index (χ0) is 14.8. The Balaban J connectivity index is 1.95. The monoisotopic (exact) mass is 303 g/mol. The van der Waals surface area contributed by atoms with Gasteiger partial charge in [0.15, 0.2) is 5.69 Å². The number of benzene rings is 1. The fraction of sp³-hybridized carbons (Fsp3) is 0.231. The maximum atomic E-state index is 11.1. The largest absolute Gasteiger partial charge is 0.476 e. The summed E-state index contributed by atoms with van der Waals surface area (Å²) in [5.74, 6) is -1.09. The number of fused-ring (bicyclic) bond motifs is 1. The zero-order valence-corrected chi connectivity index (χ0v) is 11.9. The second-order valence-electron chi connectivity index (χ2n) is 4.46. The van der Waals surface area contributed by atoms with Crippen molar-refractivity contribution in [1.29, 1.82) is 0 Å². The lowest BCUT2D eigenvalue weighted by molar-refractivity contribution is 0.0689. The number of hydrogen-bond donors (Lipinski definition) is 2. The first-order valence-corrected chi connectivity index (χ1v) is 7.21. The Hall–Kier alpha value is -2.32. The minimum atomic E-state index is -1.09. The van der Waals surface area contributed by atoms with Gasteiger partial charge >= 0.3 is 5.97 Å². The third-order valence-electron chi connectivity index (χ3n) is 3.04. The third kappa shape index (κ3) is 2.63. The predicted octanol–water partition coefficient (Wildman–Crippen LogP) is 1.14. The quantitative estimate of drug-likeness (QED) is 0.732. The number of thiazole rings is 1. The number of para-hydroxylation sites is 1. The number of carboxylic acid groups (broad SMARTS) is 1. The van der Waals surface area contributed by atoms with Crippen molar-refractivity contribution in [3.8, 4) is 0 Å². The predicted molar refractivity (Wildman–Crippen MR) is 78.5 cm³/mol. The van der Waals surface area contributed by atoms with Gasteiger partial charge in [0.1, 0.15) is 5.01 Å². The number of nitrogens with two attached hydrogens (primary N) is 1. The maximum Gasteiger partial charge on any atom is 0.358 e. The summed E-state index contributed by atoms with van der Waals surface area (Å²) in [5.41, 5.74) is 6.96. The number of nitrogens with zero attached hydrogens (tertiary/aromatic N) is 4. The first-order chi connectivity index (χ1) is 10.2. The summed E-state index contributed by atoms with van der Waals surface area (Å²) in [4.78, 5) is 15.6. The van der Waals surface area contributed by atoms with Crippen LogP contribution in [0.5, 0.6) is 0 Å². The Morgan fingerprint density at radius 1 is 1.38 bits per heavy atom. The molecule has 0 saturated heterocycles. The third-order valence-corrected chi connectivity index (χ3v) is 4.07. The molecule has 0 atom stereocenters. The number of aromatic carboxylic acids is 1. The summed E-state index contributed by atoms with van der Waals surface area (Å²) < 4.78 is 2.65. The van der Waals surface area contributed by atoms with Gasteiger partial charge in [-0.3, -0.25) is 0 Å². The van der Waals surface area contributed by atoms with E-state index in [1.165, 1.54) is 0 Å². The highest BCUT2D eigenvalue weighted by atomic mass is 32.1. The summed E-state index contributed by atoms with van der Waals surface area (Å²) in [6.07, 6.45) is 0.416. The van der Waals surface area contributed by atoms with E-state index in [0.29, 0.717) is 25.2 Å². The standard InChI is InChI=1S/C13H13N5O2S/c14-6-5-9-12(13(19)20)16-17-18(9)7-11-15-8-3-1-2-4-10(8)21-11/h1-4H,5-7,14H2,(H,19,20).